The van der Waals surface area contributed by atoms with E-state index in [4.69, 9.17) is 4.74 Å². The molecule has 0 saturated carbocycles. The summed E-state index contributed by atoms with van der Waals surface area (Å²) in [5, 5.41) is 11.5. The normalized spacial score (nSPS) is 10.7. The van der Waals surface area contributed by atoms with Crippen LogP contribution in [0, 0.1) is 5.82 Å². The van der Waals surface area contributed by atoms with Crippen molar-refractivity contribution >= 4 is 39.3 Å². The van der Waals surface area contributed by atoms with E-state index in [9.17, 15) is 9.18 Å². The fourth-order valence-corrected chi connectivity index (χ4v) is 3.49. The molecule has 2 aromatic carbocycles. The molecule has 0 bridgehead atoms. The highest BCUT2D eigenvalue weighted by atomic mass is 79.9. The molecule has 1 heterocycles. The molecular formula is C19H18BrFN4O2S. The Hall–Kier alpha value is -2.39. The van der Waals surface area contributed by atoms with Crippen molar-refractivity contribution in [2.24, 2.45) is 0 Å². The maximum absolute atomic E-state index is 13.6. The lowest BCUT2D eigenvalue weighted by molar-refractivity contribution is -0.113. The summed E-state index contributed by atoms with van der Waals surface area (Å²) in [7, 11) is 0. The summed E-state index contributed by atoms with van der Waals surface area (Å²) in [6.45, 7) is 2.88. The third kappa shape index (κ3) is 5.32. The van der Waals surface area contributed by atoms with Crippen LogP contribution in [0.4, 0.5) is 10.1 Å². The zero-order valence-corrected chi connectivity index (χ0v) is 17.5. The number of halogens is 2. The number of benzene rings is 2. The minimum Gasteiger partial charge on any atom is -0.486 e. The number of carbonyl (C=O) groups excluding carboxylic acids is 1. The van der Waals surface area contributed by atoms with E-state index >= 15 is 0 Å². The number of thioether (sulfide) groups is 1. The van der Waals surface area contributed by atoms with Gasteiger partial charge in [-0.05, 0) is 43.3 Å². The van der Waals surface area contributed by atoms with Gasteiger partial charge in [-0.25, -0.2) is 4.39 Å². The Balaban J connectivity index is 1.58. The first kappa shape index (κ1) is 20.3. The molecule has 1 amide bonds. The second-order valence-corrected chi connectivity index (χ2v) is 7.56. The van der Waals surface area contributed by atoms with Gasteiger partial charge in [0.2, 0.25) is 5.91 Å². The Morgan fingerprint density at radius 2 is 1.96 bits per heavy atom. The summed E-state index contributed by atoms with van der Waals surface area (Å²) in [4.78, 5) is 12.1. The molecule has 0 radical (unpaired) electrons. The van der Waals surface area contributed by atoms with Crippen LogP contribution in [0.3, 0.4) is 0 Å². The van der Waals surface area contributed by atoms with Gasteiger partial charge in [0.25, 0.3) is 0 Å². The highest BCUT2D eigenvalue weighted by Gasteiger charge is 2.14. The Bertz CT molecular complexity index is 949. The van der Waals surface area contributed by atoms with E-state index in [1.165, 1.54) is 23.9 Å². The van der Waals surface area contributed by atoms with Crippen LogP contribution in [-0.2, 0) is 17.9 Å². The van der Waals surface area contributed by atoms with Crippen molar-refractivity contribution < 1.29 is 13.9 Å². The fourth-order valence-electron chi connectivity index (χ4n) is 2.41. The lowest BCUT2D eigenvalue weighted by atomic mass is 10.3. The van der Waals surface area contributed by atoms with Crippen molar-refractivity contribution in [3.63, 3.8) is 0 Å². The molecule has 28 heavy (non-hydrogen) atoms. The van der Waals surface area contributed by atoms with E-state index in [0.717, 1.165) is 10.2 Å². The summed E-state index contributed by atoms with van der Waals surface area (Å²) < 4.78 is 22.2. The minimum absolute atomic E-state index is 0.0973. The Morgan fingerprint density at radius 3 is 2.68 bits per heavy atom. The molecule has 0 aliphatic rings. The molecule has 0 fully saturated rings. The lowest BCUT2D eigenvalue weighted by Crippen LogP contribution is -2.15. The van der Waals surface area contributed by atoms with Crippen molar-refractivity contribution in [1.29, 1.82) is 0 Å². The highest BCUT2D eigenvalue weighted by Crippen LogP contribution is 2.21. The summed E-state index contributed by atoms with van der Waals surface area (Å²) in [5.74, 6) is 0.716. The average molecular weight is 465 g/mol. The van der Waals surface area contributed by atoms with Crippen LogP contribution in [0.15, 0.2) is 58.2 Å². The predicted molar refractivity (Wildman–Crippen MR) is 110 cm³/mol. The number of nitrogens with one attached hydrogen (secondary N) is 1. The molecule has 6 nitrogen and oxygen atoms in total. The first-order chi connectivity index (χ1) is 13.6. The molecular weight excluding hydrogens is 447 g/mol. The van der Waals surface area contributed by atoms with Crippen LogP contribution >= 0.6 is 27.7 Å². The number of carbonyl (C=O) groups is 1. The van der Waals surface area contributed by atoms with Crippen LogP contribution in [-0.4, -0.2) is 26.4 Å². The van der Waals surface area contributed by atoms with Crippen LogP contribution in [0.2, 0.25) is 0 Å². The second kappa shape index (κ2) is 9.70. The van der Waals surface area contributed by atoms with Gasteiger partial charge >= 0.3 is 0 Å². The molecule has 0 spiro atoms. The zero-order valence-electron chi connectivity index (χ0n) is 15.1. The highest BCUT2D eigenvalue weighted by molar-refractivity contribution is 9.10. The molecule has 0 aliphatic carbocycles. The van der Waals surface area contributed by atoms with Gasteiger partial charge < -0.3 is 14.6 Å². The van der Waals surface area contributed by atoms with Crippen molar-refractivity contribution in [3.05, 3.63) is 64.6 Å². The minimum atomic E-state index is -0.468. The number of hydrogen-bond donors (Lipinski definition) is 1. The number of rotatable bonds is 8. The first-order valence-electron chi connectivity index (χ1n) is 8.54. The lowest BCUT2D eigenvalue weighted by Gasteiger charge is -2.09. The summed E-state index contributed by atoms with van der Waals surface area (Å²) >= 11 is 4.63. The summed E-state index contributed by atoms with van der Waals surface area (Å²) in [6, 6.07) is 13.6. The van der Waals surface area contributed by atoms with Crippen LogP contribution in [0.25, 0.3) is 0 Å². The molecule has 0 unspecified atom stereocenters. The van der Waals surface area contributed by atoms with E-state index in [1.807, 2.05) is 35.8 Å². The van der Waals surface area contributed by atoms with Gasteiger partial charge in [-0.1, -0.05) is 39.8 Å². The summed E-state index contributed by atoms with van der Waals surface area (Å²) in [5.41, 5.74) is 0.161. The molecule has 1 aromatic heterocycles. The van der Waals surface area contributed by atoms with Gasteiger partial charge in [-0.2, -0.15) is 0 Å². The van der Waals surface area contributed by atoms with Gasteiger partial charge in [0.05, 0.1) is 11.4 Å². The number of ether oxygens (including phenoxy) is 1. The third-order valence-corrected chi connectivity index (χ3v) is 5.27. The van der Waals surface area contributed by atoms with Gasteiger partial charge in [0.15, 0.2) is 11.0 Å². The number of hydrogen-bond acceptors (Lipinski definition) is 5. The topological polar surface area (TPSA) is 69.0 Å². The van der Waals surface area contributed by atoms with E-state index < -0.39 is 5.82 Å². The Kier molecular flexibility index (Phi) is 7.05. The van der Waals surface area contributed by atoms with E-state index in [-0.39, 0.29) is 24.0 Å². The largest absolute Gasteiger partial charge is 0.486 e. The molecule has 9 heteroatoms. The molecule has 3 rings (SSSR count). The Labute approximate surface area is 174 Å². The molecule has 1 N–H and O–H groups in total. The third-order valence-electron chi connectivity index (χ3n) is 3.77. The number of para-hydroxylation sites is 1. The molecule has 0 aliphatic heterocycles. The van der Waals surface area contributed by atoms with Gasteiger partial charge in [0, 0.05) is 11.0 Å². The van der Waals surface area contributed by atoms with Crippen LogP contribution in [0.5, 0.6) is 5.75 Å². The molecule has 3 aromatic rings. The van der Waals surface area contributed by atoms with E-state index in [2.05, 4.69) is 31.4 Å². The summed E-state index contributed by atoms with van der Waals surface area (Å²) in [6.07, 6.45) is 0. The van der Waals surface area contributed by atoms with Crippen molar-refractivity contribution in [3.8, 4) is 5.75 Å². The number of anilines is 1. The second-order valence-electron chi connectivity index (χ2n) is 5.70. The van der Waals surface area contributed by atoms with Crippen molar-refractivity contribution in [1.82, 2.24) is 14.8 Å². The molecule has 146 valence electrons. The number of nitrogens with zero attached hydrogens (tertiary/aromatic N) is 3. The fraction of sp³-hybridized carbons (Fsp3) is 0.211. The van der Waals surface area contributed by atoms with Gasteiger partial charge in [0.1, 0.15) is 18.2 Å². The van der Waals surface area contributed by atoms with Gasteiger partial charge in [-0.3, -0.25) is 4.79 Å². The number of aromatic nitrogens is 3. The smallest absolute Gasteiger partial charge is 0.234 e. The molecule has 0 atom stereocenters. The quantitative estimate of drug-likeness (QED) is 0.496. The van der Waals surface area contributed by atoms with Crippen LogP contribution < -0.4 is 10.1 Å². The van der Waals surface area contributed by atoms with Gasteiger partial charge in [-0.15, -0.1) is 10.2 Å². The Morgan fingerprint density at radius 1 is 1.21 bits per heavy atom. The van der Waals surface area contributed by atoms with E-state index in [0.29, 0.717) is 17.5 Å². The maximum atomic E-state index is 13.6. The first-order valence-corrected chi connectivity index (χ1v) is 10.3. The average Bonchev–Trinajstić information content (AvgIpc) is 3.09. The predicted octanol–water partition coefficient (Wildman–Crippen LogP) is 4.51. The monoisotopic (exact) mass is 464 g/mol. The van der Waals surface area contributed by atoms with E-state index in [1.54, 1.807) is 12.1 Å². The SMILES string of the molecule is CCn1c(COc2ccc(Br)cc2)nnc1SCC(=O)Nc1ccccc1F. The standard InChI is InChI=1S/C19H18BrFN4O2S/c1-2-25-17(11-27-14-9-7-13(20)8-10-14)23-24-19(25)28-12-18(26)22-16-6-4-3-5-15(16)21/h3-10H,2,11-12H2,1H3,(H,22,26). The van der Waals surface area contributed by atoms with Crippen LogP contribution in [0.1, 0.15) is 12.7 Å². The maximum Gasteiger partial charge on any atom is 0.234 e. The van der Waals surface area contributed by atoms with Crippen molar-refractivity contribution in [2.75, 3.05) is 11.1 Å². The zero-order chi connectivity index (χ0) is 19.9. The van der Waals surface area contributed by atoms with Crippen molar-refractivity contribution in [2.45, 2.75) is 25.2 Å². The number of amides is 1. The molecule has 0 saturated heterocycles.